The minimum absolute atomic E-state index is 0.676. The minimum atomic E-state index is 0.676. The molecule has 0 aliphatic rings. The average Bonchev–Trinajstić information content (AvgIpc) is 2.94. The molecule has 0 aliphatic heterocycles. The number of aryl methyl sites for hydroxylation is 1. The molecule has 0 aliphatic carbocycles. The van der Waals surface area contributed by atoms with E-state index in [1.54, 1.807) is 19.5 Å². The fraction of sp³-hybridized carbons (Fsp3) is 0.0667. The van der Waals surface area contributed by atoms with Crippen LogP contribution in [0.25, 0.3) is 33.1 Å². The van der Waals surface area contributed by atoms with Gasteiger partial charge in [0.2, 0.25) is 0 Å². The van der Waals surface area contributed by atoms with Crippen LogP contribution in [0.4, 0.5) is 11.5 Å². The van der Waals surface area contributed by atoms with Crippen molar-refractivity contribution in [1.82, 2.24) is 20.2 Å². The molecule has 6 aromatic rings. The summed E-state index contributed by atoms with van der Waals surface area (Å²) in [5, 5.41) is 15.3. The standard InChI is InChI=1S/C30H23N5O2/c1-19-13-15-32-27(17-19)29-23-5-3-4-6-24(23)30(35-34-29)33-20-7-9-21(10-8-20)37-28-14-16-31-26-18-22(36-2)11-12-25(26)28/h3-18H,1-2H3,(H,33,35). The second kappa shape index (κ2) is 9.54. The zero-order valence-electron chi connectivity index (χ0n) is 20.3. The summed E-state index contributed by atoms with van der Waals surface area (Å²) in [4.78, 5) is 8.92. The van der Waals surface area contributed by atoms with Crippen LogP contribution in [-0.4, -0.2) is 27.3 Å². The molecule has 180 valence electrons. The third-order valence-electron chi connectivity index (χ3n) is 6.10. The van der Waals surface area contributed by atoms with Gasteiger partial charge in [-0.1, -0.05) is 24.3 Å². The predicted molar refractivity (Wildman–Crippen MR) is 146 cm³/mol. The molecule has 3 aromatic carbocycles. The smallest absolute Gasteiger partial charge is 0.161 e. The summed E-state index contributed by atoms with van der Waals surface area (Å²) in [5.74, 6) is 2.87. The van der Waals surface area contributed by atoms with Crippen LogP contribution in [0.2, 0.25) is 0 Å². The van der Waals surface area contributed by atoms with E-state index in [-0.39, 0.29) is 0 Å². The Morgan fingerprint density at radius 3 is 2.30 bits per heavy atom. The van der Waals surface area contributed by atoms with Crippen LogP contribution >= 0.6 is 0 Å². The Hall–Kier alpha value is -5.04. The maximum atomic E-state index is 6.17. The Balaban J connectivity index is 1.27. The number of fused-ring (bicyclic) bond motifs is 2. The van der Waals surface area contributed by atoms with Crippen molar-refractivity contribution in [2.24, 2.45) is 0 Å². The molecule has 0 saturated heterocycles. The van der Waals surface area contributed by atoms with E-state index in [4.69, 9.17) is 9.47 Å². The van der Waals surface area contributed by atoms with Crippen LogP contribution in [0.1, 0.15) is 5.56 Å². The second-order valence-electron chi connectivity index (χ2n) is 8.60. The van der Waals surface area contributed by atoms with E-state index in [1.165, 1.54) is 0 Å². The molecule has 7 heteroatoms. The largest absolute Gasteiger partial charge is 0.497 e. The number of nitrogens with zero attached hydrogens (tertiary/aromatic N) is 4. The van der Waals surface area contributed by atoms with E-state index >= 15 is 0 Å². The number of aromatic nitrogens is 4. The van der Waals surface area contributed by atoms with Crippen molar-refractivity contribution >= 4 is 33.2 Å². The van der Waals surface area contributed by atoms with Crippen molar-refractivity contribution in [1.29, 1.82) is 0 Å². The average molecular weight is 486 g/mol. The van der Waals surface area contributed by atoms with Crippen molar-refractivity contribution < 1.29 is 9.47 Å². The molecular formula is C30H23N5O2. The lowest BCUT2D eigenvalue weighted by atomic mass is 10.1. The first-order valence-corrected chi connectivity index (χ1v) is 11.8. The number of pyridine rings is 2. The van der Waals surface area contributed by atoms with E-state index in [2.05, 4.69) is 25.5 Å². The minimum Gasteiger partial charge on any atom is -0.497 e. The summed E-state index contributed by atoms with van der Waals surface area (Å²) in [6, 6.07) is 27.4. The van der Waals surface area contributed by atoms with Crippen LogP contribution in [0.5, 0.6) is 17.2 Å². The zero-order valence-corrected chi connectivity index (χ0v) is 20.3. The highest BCUT2D eigenvalue weighted by Crippen LogP contribution is 2.33. The fourth-order valence-corrected chi connectivity index (χ4v) is 4.24. The van der Waals surface area contributed by atoms with E-state index < -0.39 is 0 Å². The van der Waals surface area contributed by atoms with Gasteiger partial charge >= 0.3 is 0 Å². The van der Waals surface area contributed by atoms with Gasteiger partial charge in [0.05, 0.1) is 18.3 Å². The van der Waals surface area contributed by atoms with Crippen molar-refractivity contribution in [3.8, 4) is 28.6 Å². The molecule has 0 fully saturated rings. The Kier molecular flexibility index (Phi) is 5.78. The van der Waals surface area contributed by atoms with Crippen molar-refractivity contribution in [2.45, 2.75) is 6.92 Å². The highest BCUT2D eigenvalue weighted by Gasteiger charge is 2.13. The van der Waals surface area contributed by atoms with E-state index in [1.807, 2.05) is 91.9 Å². The molecule has 0 spiro atoms. The van der Waals surface area contributed by atoms with Crippen molar-refractivity contribution in [3.63, 3.8) is 0 Å². The van der Waals surface area contributed by atoms with E-state index in [9.17, 15) is 0 Å². The molecule has 6 rings (SSSR count). The van der Waals surface area contributed by atoms with Gasteiger partial charge in [0.15, 0.2) is 5.82 Å². The molecule has 0 bridgehead atoms. The lowest BCUT2D eigenvalue weighted by Crippen LogP contribution is -2.00. The van der Waals surface area contributed by atoms with Gasteiger partial charge in [-0.05, 0) is 67.1 Å². The van der Waals surface area contributed by atoms with Crippen LogP contribution in [0.3, 0.4) is 0 Å². The van der Waals surface area contributed by atoms with Gasteiger partial charge in [-0.3, -0.25) is 9.97 Å². The summed E-state index contributed by atoms with van der Waals surface area (Å²) in [7, 11) is 1.64. The maximum absolute atomic E-state index is 6.17. The monoisotopic (exact) mass is 485 g/mol. The Morgan fingerprint density at radius 1 is 0.703 bits per heavy atom. The third-order valence-corrected chi connectivity index (χ3v) is 6.10. The van der Waals surface area contributed by atoms with Crippen LogP contribution in [0.15, 0.2) is 97.3 Å². The second-order valence-corrected chi connectivity index (χ2v) is 8.60. The molecule has 1 N–H and O–H groups in total. The topological polar surface area (TPSA) is 82.0 Å². The molecule has 0 amide bonds. The molecule has 37 heavy (non-hydrogen) atoms. The number of anilines is 2. The summed E-state index contributed by atoms with van der Waals surface area (Å²) >= 11 is 0. The number of hydrogen-bond donors (Lipinski definition) is 1. The van der Waals surface area contributed by atoms with Gasteiger partial charge in [0.1, 0.15) is 22.9 Å². The molecule has 3 aromatic heterocycles. The van der Waals surface area contributed by atoms with Gasteiger partial charge < -0.3 is 14.8 Å². The van der Waals surface area contributed by atoms with Gasteiger partial charge in [-0.2, -0.15) is 0 Å². The van der Waals surface area contributed by atoms with Crippen LogP contribution < -0.4 is 14.8 Å². The Bertz CT molecular complexity index is 1730. The maximum Gasteiger partial charge on any atom is 0.161 e. The normalized spacial score (nSPS) is 11.0. The number of methoxy groups -OCH3 is 1. The summed E-state index contributed by atoms with van der Waals surface area (Å²) in [6.45, 7) is 2.04. The van der Waals surface area contributed by atoms with Crippen molar-refractivity contribution in [2.75, 3.05) is 12.4 Å². The fourth-order valence-electron chi connectivity index (χ4n) is 4.24. The molecule has 0 atom stereocenters. The van der Waals surface area contributed by atoms with Crippen molar-refractivity contribution in [3.05, 3.63) is 103 Å². The van der Waals surface area contributed by atoms with Gasteiger partial charge in [-0.15, -0.1) is 10.2 Å². The van der Waals surface area contributed by atoms with Crippen LogP contribution in [-0.2, 0) is 0 Å². The first kappa shape index (κ1) is 22.4. The first-order valence-electron chi connectivity index (χ1n) is 11.8. The van der Waals surface area contributed by atoms with E-state index in [0.717, 1.165) is 55.8 Å². The SMILES string of the molecule is COc1ccc2c(Oc3ccc(Nc4nnc(-c5cc(C)ccn5)c5ccccc45)cc3)ccnc2c1. The highest BCUT2D eigenvalue weighted by atomic mass is 16.5. The molecule has 0 saturated carbocycles. The third kappa shape index (κ3) is 4.50. The number of nitrogens with one attached hydrogen (secondary N) is 1. The zero-order chi connectivity index (χ0) is 25.2. The molecule has 0 radical (unpaired) electrons. The Labute approximate surface area is 213 Å². The summed E-state index contributed by atoms with van der Waals surface area (Å²) in [6.07, 6.45) is 3.52. The molecule has 0 unspecified atom stereocenters. The highest BCUT2D eigenvalue weighted by molar-refractivity contribution is 6.00. The lowest BCUT2D eigenvalue weighted by molar-refractivity contribution is 0.415. The molecule has 7 nitrogen and oxygen atoms in total. The predicted octanol–water partition coefficient (Wildman–Crippen LogP) is 7.09. The number of benzene rings is 3. The molecular weight excluding hydrogens is 462 g/mol. The summed E-state index contributed by atoms with van der Waals surface area (Å²) in [5.41, 5.74) is 4.37. The van der Waals surface area contributed by atoms with Gasteiger partial charge in [0.25, 0.3) is 0 Å². The van der Waals surface area contributed by atoms with Crippen LogP contribution in [0, 0.1) is 6.92 Å². The quantitative estimate of drug-likeness (QED) is 0.270. The summed E-state index contributed by atoms with van der Waals surface area (Å²) < 4.78 is 11.5. The molecule has 3 heterocycles. The van der Waals surface area contributed by atoms with Gasteiger partial charge in [-0.25, -0.2) is 0 Å². The van der Waals surface area contributed by atoms with Gasteiger partial charge in [0, 0.05) is 40.3 Å². The number of ether oxygens (including phenoxy) is 2. The van der Waals surface area contributed by atoms with E-state index in [0.29, 0.717) is 11.6 Å². The number of hydrogen-bond acceptors (Lipinski definition) is 7. The first-order chi connectivity index (χ1) is 18.2. The Morgan fingerprint density at radius 2 is 1.49 bits per heavy atom. The lowest BCUT2D eigenvalue weighted by Gasteiger charge is -2.12. The number of rotatable bonds is 6.